The Morgan fingerprint density at radius 3 is 2.79 bits per heavy atom. The van der Waals surface area contributed by atoms with Gasteiger partial charge in [-0.3, -0.25) is 4.79 Å². The van der Waals surface area contributed by atoms with Crippen LogP contribution in [0.3, 0.4) is 0 Å². The summed E-state index contributed by atoms with van der Waals surface area (Å²) in [4.78, 5) is 16.4. The van der Waals surface area contributed by atoms with Crippen molar-refractivity contribution >= 4 is 38.9 Å². The van der Waals surface area contributed by atoms with Crippen LogP contribution in [0.1, 0.15) is 5.69 Å². The molecule has 7 heteroatoms. The van der Waals surface area contributed by atoms with Gasteiger partial charge in [-0.25, -0.2) is 13.8 Å². The Morgan fingerprint density at radius 1 is 1.21 bits per heavy atom. The normalized spacial score (nSPS) is 10.6. The van der Waals surface area contributed by atoms with Crippen LogP contribution in [0.2, 0.25) is 0 Å². The number of carbonyl (C=O) groups excluding carboxylic acids is 1. The molecule has 0 aliphatic heterocycles. The van der Waals surface area contributed by atoms with Crippen molar-refractivity contribution in [3.05, 3.63) is 69.6 Å². The van der Waals surface area contributed by atoms with Gasteiger partial charge in [-0.2, -0.15) is 0 Å². The van der Waals surface area contributed by atoms with Crippen molar-refractivity contribution < 1.29 is 13.6 Å². The van der Waals surface area contributed by atoms with Crippen LogP contribution < -0.4 is 5.32 Å². The number of carbonyl (C=O) groups is 1. The summed E-state index contributed by atoms with van der Waals surface area (Å²) in [5.41, 5.74) is 1.32. The second kappa shape index (κ2) is 7.19. The summed E-state index contributed by atoms with van der Waals surface area (Å²) in [5, 5.41) is 4.88. The van der Waals surface area contributed by atoms with E-state index in [1.807, 2.05) is 0 Å². The fourth-order valence-electron chi connectivity index (χ4n) is 2.09. The number of benzene rings is 2. The first-order valence-electron chi connectivity index (χ1n) is 6.96. The molecule has 3 aromatic rings. The third-order valence-corrected chi connectivity index (χ3v) is 4.60. The molecule has 1 amide bonds. The first-order chi connectivity index (χ1) is 11.5. The Hall–Kier alpha value is -2.12. The van der Waals surface area contributed by atoms with E-state index in [-0.39, 0.29) is 23.8 Å². The van der Waals surface area contributed by atoms with E-state index < -0.39 is 5.82 Å². The van der Waals surface area contributed by atoms with Crippen molar-refractivity contribution in [2.75, 3.05) is 5.32 Å². The average molecular weight is 409 g/mol. The van der Waals surface area contributed by atoms with Gasteiger partial charge in [0.15, 0.2) is 0 Å². The molecule has 0 bridgehead atoms. The van der Waals surface area contributed by atoms with Crippen molar-refractivity contribution in [2.45, 2.75) is 6.42 Å². The molecule has 0 saturated carbocycles. The molecule has 1 N–H and O–H groups in total. The van der Waals surface area contributed by atoms with Crippen LogP contribution >= 0.6 is 27.3 Å². The second-order valence-electron chi connectivity index (χ2n) is 5.00. The summed E-state index contributed by atoms with van der Waals surface area (Å²) in [6.07, 6.45) is 0.0152. The Labute approximate surface area is 149 Å². The number of aromatic nitrogens is 1. The lowest BCUT2D eigenvalue weighted by Gasteiger charge is -2.05. The predicted octanol–water partition coefficient (Wildman–Crippen LogP) is 5.03. The molecule has 0 aliphatic carbocycles. The molecule has 3 nitrogen and oxygen atoms in total. The zero-order valence-electron chi connectivity index (χ0n) is 12.2. The summed E-state index contributed by atoms with van der Waals surface area (Å²) >= 11 is 4.48. The number of thiazole rings is 1. The minimum absolute atomic E-state index is 0.0152. The molecule has 2 aromatic carbocycles. The molecule has 24 heavy (non-hydrogen) atoms. The molecule has 0 saturated heterocycles. The van der Waals surface area contributed by atoms with Gasteiger partial charge in [-0.15, -0.1) is 11.3 Å². The summed E-state index contributed by atoms with van der Waals surface area (Å²) in [6.45, 7) is 0. The van der Waals surface area contributed by atoms with Crippen LogP contribution in [0.15, 0.2) is 52.3 Å². The number of anilines is 1. The number of nitrogens with zero attached hydrogens (tertiary/aromatic N) is 1. The molecule has 0 atom stereocenters. The lowest BCUT2D eigenvalue weighted by Crippen LogP contribution is -2.15. The van der Waals surface area contributed by atoms with E-state index in [4.69, 9.17) is 0 Å². The van der Waals surface area contributed by atoms with Gasteiger partial charge in [-0.05, 0) is 30.3 Å². The Bertz CT molecular complexity index is 898. The van der Waals surface area contributed by atoms with Gasteiger partial charge >= 0.3 is 0 Å². The van der Waals surface area contributed by atoms with Crippen molar-refractivity contribution in [1.82, 2.24) is 4.98 Å². The molecule has 1 aromatic heterocycles. The summed E-state index contributed by atoms with van der Waals surface area (Å²) in [7, 11) is 0. The van der Waals surface area contributed by atoms with E-state index >= 15 is 0 Å². The SMILES string of the molecule is O=C(Cc1csc(-c2cccc(F)c2)n1)Nc1ccc(Br)cc1F. The fourth-order valence-corrected chi connectivity index (χ4v) is 3.24. The number of hydrogen-bond donors (Lipinski definition) is 1. The van der Waals surface area contributed by atoms with E-state index in [0.29, 0.717) is 20.7 Å². The molecule has 3 rings (SSSR count). The first kappa shape index (κ1) is 16.7. The maximum atomic E-state index is 13.7. The Morgan fingerprint density at radius 2 is 2.04 bits per heavy atom. The average Bonchev–Trinajstić information content (AvgIpc) is 2.98. The van der Waals surface area contributed by atoms with E-state index in [9.17, 15) is 13.6 Å². The zero-order chi connectivity index (χ0) is 17.1. The topological polar surface area (TPSA) is 42.0 Å². The molecule has 0 fully saturated rings. The van der Waals surface area contributed by atoms with Gasteiger partial charge in [0.25, 0.3) is 0 Å². The summed E-state index contributed by atoms with van der Waals surface area (Å²) in [5.74, 6) is -1.23. The highest BCUT2D eigenvalue weighted by molar-refractivity contribution is 9.10. The number of hydrogen-bond acceptors (Lipinski definition) is 3. The number of amides is 1. The zero-order valence-corrected chi connectivity index (χ0v) is 14.6. The van der Waals surface area contributed by atoms with Crippen molar-refractivity contribution in [2.24, 2.45) is 0 Å². The standard InChI is InChI=1S/C17H11BrF2N2OS/c18-11-4-5-15(14(20)7-11)22-16(23)8-13-9-24-17(21-13)10-2-1-3-12(19)6-10/h1-7,9H,8H2,(H,22,23). The van der Waals surface area contributed by atoms with Crippen LogP contribution in [0, 0.1) is 11.6 Å². The largest absolute Gasteiger partial charge is 0.323 e. The monoisotopic (exact) mass is 408 g/mol. The Kier molecular flexibility index (Phi) is 5.01. The van der Waals surface area contributed by atoms with Crippen LogP contribution in [0.5, 0.6) is 0 Å². The van der Waals surface area contributed by atoms with Gasteiger partial charge in [-0.1, -0.05) is 28.1 Å². The van der Waals surface area contributed by atoms with Gasteiger partial charge in [0, 0.05) is 15.4 Å². The quantitative estimate of drug-likeness (QED) is 0.657. The van der Waals surface area contributed by atoms with E-state index in [1.165, 1.54) is 35.6 Å². The highest BCUT2D eigenvalue weighted by Crippen LogP contribution is 2.25. The van der Waals surface area contributed by atoms with Crippen molar-refractivity contribution in [1.29, 1.82) is 0 Å². The highest BCUT2D eigenvalue weighted by Gasteiger charge is 2.12. The maximum Gasteiger partial charge on any atom is 0.230 e. The minimum atomic E-state index is -0.517. The summed E-state index contributed by atoms with van der Waals surface area (Å²) < 4.78 is 27.6. The Balaban J connectivity index is 1.69. The summed E-state index contributed by atoms with van der Waals surface area (Å²) in [6, 6.07) is 10.5. The van der Waals surface area contributed by atoms with Crippen LogP contribution in [-0.2, 0) is 11.2 Å². The second-order valence-corrected chi connectivity index (χ2v) is 6.78. The van der Waals surface area contributed by atoms with Gasteiger partial charge in [0.2, 0.25) is 5.91 Å². The minimum Gasteiger partial charge on any atom is -0.323 e. The van der Waals surface area contributed by atoms with Gasteiger partial charge in [0.1, 0.15) is 16.6 Å². The van der Waals surface area contributed by atoms with E-state index in [1.54, 1.807) is 23.6 Å². The third-order valence-electron chi connectivity index (χ3n) is 3.17. The van der Waals surface area contributed by atoms with Gasteiger partial charge < -0.3 is 5.32 Å². The third kappa shape index (κ3) is 4.04. The molecule has 122 valence electrons. The lowest BCUT2D eigenvalue weighted by atomic mass is 10.2. The van der Waals surface area contributed by atoms with Gasteiger partial charge in [0.05, 0.1) is 17.8 Å². The van der Waals surface area contributed by atoms with Crippen LogP contribution in [0.4, 0.5) is 14.5 Å². The predicted molar refractivity (Wildman–Crippen MR) is 93.9 cm³/mol. The molecule has 1 heterocycles. The van der Waals surface area contributed by atoms with E-state index in [0.717, 1.165) is 0 Å². The van der Waals surface area contributed by atoms with Crippen molar-refractivity contribution in [3.8, 4) is 10.6 Å². The smallest absolute Gasteiger partial charge is 0.230 e. The number of halogens is 3. The first-order valence-corrected chi connectivity index (χ1v) is 8.64. The number of nitrogens with one attached hydrogen (secondary N) is 1. The molecule has 0 radical (unpaired) electrons. The van der Waals surface area contributed by atoms with Crippen LogP contribution in [0.25, 0.3) is 10.6 Å². The van der Waals surface area contributed by atoms with Crippen LogP contribution in [-0.4, -0.2) is 10.9 Å². The molecule has 0 unspecified atom stereocenters. The molecular formula is C17H11BrF2N2OS. The lowest BCUT2D eigenvalue weighted by molar-refractivity contribution is -0.115. The fraction of sp³-hybridized carbons (Fsp3) is 0.0588. The van der Waals surface area contributed by atoms with E-state index in [2.05, 4.69) is 26.2 Å². The molecular weight excluding hydrogens is 398 g/mol. The highest BCUT2D eigenvalue weighted by atomic mass is 79.9. The molecule has 0 aliphatic rings. The molecule has 0 spiro atoms. The number of rotatable bonds is 4. The van der Waals surface area contributed by atoms with Crippen molar-refractivity contribution in [3.63, 3.8) is 0 Å². The maximum absolute atomic E-state index is 13.7.